The lowest BCUT2D eigenvalue weighted by molar-refractivity contribution is -0.142. The Morgan fingerprint density at radius 1 is 1.00 bits per heavy atom. The number of rotatable bonds is 8. The van der Waals surface area contributed by atoms with Crippen molar-refractivity contribution in [1.82, 2.24) is 10.2 Å². The van der Waals surface area contributed by atoms with Crippen LogP contribution in [-0.2, 0) is 16.1 Å². The molecule has 0 aromatic heterocycles. The molecule has 3 rings (SSSR count). The van der Waals surface area contributed by atoms with Crippen LogP contribution in [0.3, 0.4) is 0 Å². The summed E-state index contributed by atoms with van der Waals surface area (Å²) < 4.78 is 6.62. The Balaban J connectivity index is 1.84. The highest BCUT2D eigenvalue weighted by Crippen LogP contribution is 2.33. The number of benzene rings is 3. The Morgan fingerprint density at radius 2 is 1.67 bits per heavy atom. The van der Waals surface area contributed by atoms with E-state index in [0.717, 1.165) is 15.2 Å². The minimum Gasteiger partial charge on any atom is -0.483 e. The van der Waals surface area contributed by atoms with E-state index >= 15 is 0 Å². The van der Waals surface area contributed by atoms with Crippen LogP contribution < -0.4 is 10.1 Å². The fourth-order valence-electron chi connectivity index (χ4n) is 3.39. The molecule has 3 aromatic carbocycles. The van der Waals surface area contributed by atoms with Crippen LogP contribution >= 0.6 is 39.1 Å². The Morgan fingerprint density at radius 3 is 2.33 bits per heavy atom. The van der Waals surface area contributed by atoms with Gasteiger partial charge < -0.3 is 15.0 Å². The summed E-state index contributed by atoms with van der Waals surface area (Å²) >= 11 is 16.2. The summed E-state index contributed by atoms with van der Waals surface area (Å²) in [5.74, 6) is -0.0945. The van der Waals surface area contributed by atoms with Gasteiger partial charge in [-0.3, -0.25) is 9.59 Å². The second kappa shape index (κ2) is 11.2. The maximum atomic E-state index is 13.3. The van der Waals surface area contributed by atoms with Gasteiger partial charge in [-0.05, 0) is 65.7 Å². The van der Waals surface area contributed by atoms with Crippen molar-refractivity contribution in [3.63, 3.8) is 0 Å². The molecule has 0 heterocycles. The van der Waals surface area contributed by atoms with E-state index in [1.54, 1.807) is 25.1 Å². The summed E-state index contributed by atoms with van der Waals surface area (Å²) in [5.41, 5.74) is 0.574. The van der Waals surface area contributed by atoms with Crippen molar-refractivity contribution in [3.05, 3.63) is 74.7 Å². The van der Waals surface area contributed by atoms with Crippen LogP contribution in [0.2, 0.25) is 10.0 Å². The standard InChI is InChI=1S/C25H25BrCl2N2O3/c1-15(2)29-25(32)16(3)30(13-19-20(27)9-6-10-21(19)28)23(31)14-33-22-12-11-17-7-4-5-8-18(17)24(22)26/h4-12,15-16H,13-14H2,1-3H3,(H,29,32)/t16-/m0/s1. The molecule has 0 aliphatic carbocycles. The topological polar surface area (TPSA) is 58.6 Å². The number of hydrogen-bond acceptors (Lipinski definition) is 3. The van der Waals surface area contributed by atoms with Gasteiger partial charge in [-0.15, -0.1) is 0 Å². The third kappa shape index (κ3) is 6.19. The molecule has 174 valence electrons. The van der Waals surface area contributed by atoms with Crippen molar-refractivity contribution in [2.24, 2.45) is 0 Å². The SMILES string of the molecule is CC(C)NC(=O)[C@H](C)N(Cc1c(Cl)cccc1Cl)C(=O)COc1ccc2ccccc2c1Br. The number of nitrogens with zero attached hydrogens (tertiary/aromatic N) is 1. The summed E-state index contributed by atoms with van der Waals surface area (Å²) in [5, 5.41) is 5.73. The van der Waals surface area contributed by atoms with Crippen molar-refractivity contribution in [2.45, 2.75) is 39.4 Å². The number of fused-ring (bicyclic) bond motifs is 1. The zero-order chi connectivity index (χ0) is 24.1. The van der Waals surface area contributed by atoms with Gasteiger partial charge in [0.25, 0.3) is 5.91 Å². The van der Waals surface area contributed by atoms with Gasteiger partial charge in [0.05, 0.1) is 4.47 Å². The summed E-state index contributed by atoms with van der Waals surface area (Å²) in [6, 6.07) is 15.9. The van der Waals surface area contributed by atoms with E-state index in [0.29, 0.717) is 21.4 Å². The van der Waals surface area contributed by atoms with Gasteiger partial charge in [0.2, 0.25) is 5.91 Å². The number of amides is 2. The molecule has 0 bridgehead atoms. The van der Waals surface area contributed by atoms with Crippen molar-refractivity contribution < 1.29 is 14.3 Å². The number of halogens is 3. The van der Waals surface area contributed by atoms with Crippen LogP contribution in [0.5, 0.6) is 5.75 Å². The van der Waals surface area contributed by atoms with E-state index in [1.807, 2.05) is 50.2 Å². The molecule has 5 nitrogen and oxygen atoms in total. The third-order valence-corrected chi connectivity index (χ3v) is 6.69. The predicted octanol–water partition coefficient (Wildman–Crippen LogP) is 6.23. The maximum Gasteiger partial charge on any atom is 0.261 e. The summed E-state index contributed by atoms with van der Waals surface area (Å²) in [6.45, 7) is 5.22. The normalized spacial score (nSPS) is 12.0. The highest BCUT2D eigenvalue weighted by molar-refractivity contribution is 9.10. The van der Waals surface area contributed by atoms with Crippen LogP contribution in [0, 0.1) is 0 Å². The molecule has 0 saturated heterocycles. The highest BCUT2D eigenvalue weighted by atomic mass is 79.9. The first kappa shape index (κ1) is 25.3. The monoisotopic (exact) mass is 550 g/mol. The molecular formula is C25H25BrCl2N2O3. The first-order valence-electron chi connectivity index (χ1n) is 10.5. The first-order valence-corrected chi connectivity index (χ1v) is 12.1. The molecule has 0 aliphatic rings. The second-order valence-corrected chi connectivity index (χ2v) is 9.56. The summed E-state index contributed by atoms with van der Waals surface area (Å²) in [6.07, 6.45) is 0. The Bertz CT molecular complexity index is 1150. The Labute approximate surface area is 212 Å². The third-order valence-electron chi connectivity index (χ3n) is 5.17. The van der Waals surface area contributed by atoms with Gasteiger partial charge in [0.1, 0.15) is 11.8 Å². The van der Waals surface area contributed by atoms with E-state index in [4.69, 9.17) is 27.9 Å². The molecule has 1 N–H and O–H groups in total. The van der Waals surface area contributed by atoms with Crippen LogP contribution in [0.1, 0.15) is 26.3 Å². The van der Waals surface area contributed by atoms with Crippen LogP contribution in [0.25, 0.3) is 10.8 Å². The molecule has 0 aliphatic heterocycles. The molecule has 0 fully saturated rings. The lowest BCUT2D eigenvalue weighted by Crippen LogP contribution is -2.50. The molecule has 2 amide bonds. The quantitative estimate of drug-likeness (QED) is 0.361. The summed E-state index contributed by atoms with van der Waals surface area (Å²) in [7, 11) is 0. The number of carbonyl (C=O) groups is 2. The fourth-order valence-corrected chi connectivity index (χ4v) is 4.51. The lowest BCUT2D eigenvalue weighted by atomic mass is 10.1. The van der Waals surface area contributed by atoms with Crippen molar-refractivity contribution in [2.75, 3.05) is 6.61 Å². The molecule has 0 unspecified atom stereocenters. The predicted molar refractivity (Wildman–Crippen MR) is 137 cm³/mol. The van der Waals surface area contributed by atoms with E-state index in [2.05, 4.69) is 21.2 Å². The number of hydrogen-bond donors (Lipinski definition) is 1. The minimum absolute atomic E-state index is 0.0643. The average Bonchev–Trinajstić information content (AvgIpc) is 2.77. The van der Waals surface area contributed by atoms with Crippen molar-refractivity contribution in [3.8, 4) is 5.75 Å². The number of carbonyl (C=O) groups excluding carboxylic acids is 2. The Hall–Kier alpha value is -2.28. The van der Waals surface area contributed by atoms with Crippen LogP contribution in [0.4, 0.5) is 0 Å². The number of ether oxygens (including phenoxy) is 1. The van der Waals surface area contributed by atoms with Gasteiger partial charge >= 0.3 is 0 Å². The largest absolute Gasteiger partial charge is 0.483 e. The van der Waals surface area contributed by atoms with E-state index in [9.17, 15) is 9.59 Å². The second-order valence-electron chi connectivity index (χ2n) is 7.95. The van der Waals surface area contributed by atoms with Gasteiger partial charge in [-0.25, -0.2) is 0 Å². The molecule has 0 radical (unpaired) electrons. The zero-order valence-electron chi connectivity index (χ0n) is 18.6. The van der Waals surface area contributed by atoms with Crippen LogP contribution in [0.15, 0.2) is 59.1 Å². The average molecular weight is 552 g/mol. The molecular weight excluding hydrogens is 527 g/mol. The van der Waals surface area contributed by atoms with E-state index in [1.165, 1.54) is 4.90 Å². The highest BCUT2D eigenvalue weighted by Gasteiger charge is 2.28. The molecule has 33 heavy (non-hydrogen) atoms. The molecule has 1 atom stereocenters. The fraction of sp³-hybridized carbons (Fsp3) is 0.280. The summed E-state index contributed by atoms with van der Waals surface area (Å²) in [4.78, 5) is 27.4. The van der Waals surface area contributed by atoms with Gasteiger partial charge in [-0.1, -0.05) is 59.6 Å². The van der Waals surface area contributed by atoms with Crippen LogP contribution in [-0.4, -0.2) is 35.4 Å². The van der Waals surface area contributed by atoms with Gasteiger partial charge in [-0.2, -0.15) is 0 Å². The van der Waals surface area contributed by atoms with E-state index < -0.39 is 6.04 Å². The number of nitrogens with one attached hydrogen (secondary N) is 1. The Kier molecular flexibility index (Phi) is 8.63. The molecule has 0 spiro atoms. The first-order chi connectivity index (χ1) is 15.7. The maximum absolute atomic E-state index is 13.3. The van der Waals surface area contributed by atoms with Crippen molar-refractivity contribution >= 4 is 61.7 Å². The molecule has 0 saturated carbocycles. The molecule has 3 aromatic rings. The van der Waals surface area contributed by atoms with Gasteiger partial charge in [0.15, 0.2) is 6.61 Å². The zero-order valence-corrected chi connectivity index (χ0v) is 21.7. The van der Waals surface area contributed by atoms with E-state index in [-0.39, 0.29) is 31.0 Å². The van der Waals surface area contributed by atoms with Crippen molar-refractivity contribution in [1.29, 1.82) is 0 Å². The van der Waals surface area contributed by atoms with Gasteiger partial charge in [0, 0.05) is 28.2 Å². The molecule has 8 heteroatoms. The minimum atomic E-state index is -0.754. The lowest BCUT2D eigenvalue weighted by Gasteiger charge is -2.30. The smallest absolute Gasteiger partial charge is 0.261 e.